The van der Waals surface area contributed by atoms with Gasteiger partial charge in [-0.2, -0.15) is 0 Å². The predicted molar refractivity (Wildman–Crippen MR) is 161 cm³/mol. The molecule has 41 heavy (non-hydrogen) atoms. The van der Waals surface area contributed by atoms with Crippen LogP contribution < -0.4 is 9.62 Å². The molecule has 2 amide bonds. The third-order valence-electron chi connectivity index (χ3n) is 6.81. The van der Waals surface area contributed by atoms with E-state index in [0.29, 0.717) is 24.2 Å². The molecule has 0 aliphatic rings. The van der Waals surface area contributed by atoms with Gasteiger partial charge in [0, 0.05) is 32.5 Å². The predicted octanol–water partition coefficient (Wildman–Crippen LogP) is 5.24. The van der Waals surface area contributed by atoms with Crippen LogP contribution in [0.1, 0.15) is 49.3 Å². The molecule has 0 aliphatic carbocycles. The number of sulfonamides is 1. The topological polar surface area (TPSA) is 86.8 Å². The van der Waals surface area contributed by atoms with E-state index in [4.69, 9.17) is 0 Å². The molecule has 0 spiro atoms. The number of anilines is 1. The van der Waals surface area contributed by atoms with E-state index < -0.39 is 16.1 Å². The Hall–Kier alpha value is -3.72. The minimum absolute atomic E-state index is 0.0343. The molecule has 0 aliphatic heterocycles. The van der Waals surface area contributed by atoms with E-state index in [1.165, 1.54) is 16.4 Å². The number of carbonyl (C=O) groups excluding carboxylic acids is 2. The van der Waals surface area contributed by atoms with Crippen LogP contribution in [0.5, 0.6) is 0 Å². The van der Waals surface area contributed by atoms with E-state index in [1.54, 1.807) is 35.2 Å². The molecule has 0 saturated carbocycles. The first-order valence-electron chi connectivity index (χ1n) is 14.0. The fourth-order valence-corrected chi connectivity index (χ4v) is 5.59. The molecule has 220 valence electrons. The highest BCUT2D eigenvalue weighted by molar-refractivity contribution is 7.92. The first kappa shape index (κ1) is 31.8. The summed E-state index contributed by atoms with van der Waals surface area (Å²) in [5.74, 6) is -0.921. The average molecular weight is 582 g/mol. The zero-order valence-electron chi connectivity index (χ0n) is 24.1. The molecule has 7 nitrogen and oxygen atoms in total. The van der Waals surface area contributed by atoms with Crippen LogP contribution in [0.4, 0.5) is 10.1 Å². The third kappa shape index (κ3) is 10.0. The molecular formula is C32H40FN3O4S. The summed E-state index contributed by atoms with van der Waals surface area (Å²) >= 11 is 0. The maximum absolute atomic E-state index is 13.8. The van der Waals surface area contributed by atoms with Crippen molar-refractivity contribution in [1.29, 1.82) is 0 Å². The van der Waals surface area contributed by atoms with Gasteiger partial charge in [-0.15, -0.1) is 0 Å². The molecule has 1 N–H and O–H groups in total. The van der Waals surface area contributed by atoms with Crippen LogP contribution in [0, 0.1) is 12.7 Å². The Morgan fingerprint density at radius 2 is 1.63 bits per heavy atom. The van der Waals surface area contributed by atoms with Gasteiger partial charge < -0.3 is 10.2 Å². The van der Waals surface area contributed by atoms with Crippen LogP contribution in [0.3, 0.4) is 0 Å². The van der Waals surface area contributed by atoms with E-state index in [0.717, 1.165) is 30.2 Å². The van der Waals surface area contributed by atoms with Gasteiger partial charge in [-0.1, -0.05) is 67.9 Å². The fourth-order valence-electron chi connectivity index (χ4n) is 4.63. The number of amides is 2. The van der Waals surface area contributed by atoms with E-state index >= 15 is 0 Å². The maximum Gasteiger partial charge on any atom is 0.243 e. The molecule has 0 fully saturated rings. The lowest BCUT2D eigenvalue weighted by Crippen LogP contribution is -2.50. The maximum atomic E-state index is 13.8. The van der Waals surface area contributed by atoms with E-state index in [1.807, 2.05) is 50.2 Å². The number of benzene rings is 3. The molecule has 1 atom stereocenters. The number of unbranched alkanes of at least 4 members (excludes halogenated alkanes) is 1. The van der Waals surface area contributed by atoms with Gasteiger partial charge in [-0.05, 0) is 60.7 Å². The summed E-state index contributed by atoms with van der Waals surface area (Å²) < 4.78 is 40.1. The number of nitrogens with one attached hydrogen (secondary N) is 1. The van der Waals surface area contributed by atoms with Crippen molar-refractivity contribution in [2.45, 2.75) is 58.5 Å². The molecule has 0 heterocycles. The monoisotopic (exact) mass is 581 g/mol. The van der Waals surface area contributed by atoms with Crippen molar-refractivity contribution in [2.24, 2.45) is 0 Å². The Bertz CT molecular complexity index is 1380. The van der Waals surface area contributed by atoms with Gasteiger partial charge in [0.1, 0.15) is 11.9 Å². The first-order valence-corrected chi connectivity index (χ1v) is 15.8. The summed E-state index contributed by atoms with van der Waals surface area (Å²) in [4.78, 5) is 28.8. The van der Waals surface area contributed by atoms with Gasteiger partial charge in [0.2, 0.25) is 21.8 Å². The minimum Gasteiger partial charge on any atom is -0.354 e. The van der Waals surface area contributed by atoms with Crippen molar-refractivity contribution < 1.29 is 22.4 Å². The van der Waals surface area contributed by atoms with Crippen LogP contribution in [-0.4, -0.2) is 50.5 Å². The zero-order chi connectivity index (χ0) is 29.8. The number of hydrogen-bond donors (Lipinski definition) is 1. The molecule has 0 radical (unpaired) electrons. The first-order chi connectivity index (χ1) is 19.6. The average Bonchev–Trinajstić information content (AvgIpc) is 2.94. The highest BCUT2D eigenvalue weighted by atomic mass is 32.2. The van der Waals surface area contributed by atoms with Crippen molar-refractivity contribution >= 4 is 27.5 Å². The second kappa shape index (κ2) is 15.3. The van der Waals surface area contributed by atoms with Gasteiger partial charge in [-0.3, -0.25) is 13.9 Å². The van der Waals surface area contributed by atoms with Gasteiger partial charge in [0.05, 0.1) is 11.9 Å². The summed E-state index contributed by atoms with van der Waals surface area (Å²) in [5.41, 5.74) is 3.07. The number of halogens is 1. The van der Waals surface area contributed by atoms with Crippen LogP contribution in [0.25, 0.3) is 0 Å². The normalized spacial score (nSPS) is 12.0. The number of hydrogen-bond acceptors (Lipinski definition) is 4. The van der Waals surface area contributed by atoms with E-state index in [2.05, 4.69) is 5.32 Å². The second-order valence-corrected chi connectivity index (χ2v) is 12.2. The molecule has 3 rings (SSSR count). The van der Waals surface area contributed by atoms with Gasteiger partial charge in [-0.25, -0.2) is 12.8 Å². The summed E-state index contributed by atoms with van der Waals surface area (Å²) in [6.07, 6.45) is 3.48. The summed E-state index contributed by atoms with van der Waals surface area (Å²) in [5, 5.41) is 2.97. The molecule has 0 aromatic heterocycles. The Kier molecular flexibility index (Phi) is 11.9. The van der Waals surface area contributed by atoms with Gasteiger partial charge in [0.15, 0.2) is 0 Å². The summed E-state index contributed by atoms with van der Waals surface area (Å²) in [7, 11) is -3.58. The highest BCUT2D eigenvalue weighted by Gasteiger charge is 2.30. The molecule has 0 unspecified atom stereocenters. The second-order valence-electron chi connectivity index (χ2n) is 10.3. The van der Waals surface area contributed by atoms with Gasteiger partial charge in [0.25, 0.3) is 0 Å². The minimum atomic E-state index is -3.58. The Balaban J connectivity index is 1.86. The van der Waals surface area contributed by atoms with Crippen LogP contribution >= 0.6 is 0 Å². The third-order valence-corrected chi connectivity index (χ3v) is 8.00. The quantitative estimate of drug-likeness (QED) is 0.249. The number of aryl methyl sites for hydroxylation is 1. The van der Waals surface area contributed by atoms with Crippen molar-refractivity contribution in [3.63, 3.8) is 0 Å². The van der Waals surface area contributed by atoms with Crippen LogP contribution in [-0.2, 0) is 32.6 Å². The zero-order valence-corrected chi connectivity index (χ0v) is 24.9. The Labute approximate surface area is 243 Å². The molecule has 0 bridgehead atoms. The van der Waals surface area contributed by atoms with E-state index in [9.17, 15) is 22.4 Å². The van der Waals surface area contributed by atoms with Crippen molar-refractivity contribution in [2.75, 3.05) is 23.7 Å². The van der Waals surface area contributed by atoms with Gasteiger partial charge >= 0.3 is 0 Å². The lowest BCUT2D eigenvalue weighted by molar-refractivity contribution is -0.141. The Morgan fingerprint density at radius 1 is 0.927 bits per heavy atom. The number of rotatable bonds is 15. The molecule has 3 aromatic rings. The number of carbonyl (C=O) groups is 2. The molecular weight excluding hydrogens is 541 g/mol. The molecule has 9 heteroatoms. The lowest BCUT2D eigenvalue weighted by Gasteiger charge is -2.32. The van der Waals surface area contributed by atoms with Crippen LogP contribution in [0.2, 0.25) is 0 Å². The van der Waals surface area contributed by atoms with Crippen molar-refractivity contribution in [3.05, 3.63) is 101 Å². The lowest BCUT2D eigenvalue weighted by atomic mass is 10.0. The Morgan fingerprint density at radius 3 is 2.27 bits per heavy atom. The summed E-state index contributed by atoms with van der Waals surface area (Å²) in [6.45, 7) is 4.66. The highest BCUT2D eigenvalue weighted by Crippen LogP contribution is 2.21. The standard InChI is InChI=1S/C32H40FN3O4S/c1-4-5-20-34-32(38)30(23-26-12-7-6-8-13-26)35(24-27-16-18-28(33)19-17-27)31(37)15-10-21-36(41(3,39)40)29-14-9-11-25(2)22-29/h6-9,11-14,16-19,22,30H,4-5,10,15,20-21,23-24H2,1-3H3,(H,34,38)/t30-/m0/s1. The number of nitrogens with zero attached hydrogens (tertiary/aromatic N) is 2. The molecule has 3 aromatic carbocycles. The van der Waals surface area contributed by atoms with Crippen LogP contribution in [0.15, 0.2) is 78.9 Å². The van der Waals surface area contributed by atoms with E-state index in [-0.39, 0.29) is 43.6 Å². The largest absolute Gasteiger partial charge is 0.354 e. The van der Waals surface area contributed by atoms with Crippen molar-refractivity contribution in [3.8, 4) is 0 Å². The fraction of sp³-hybridized carbons (Fsp3) is 0.375. The molecule has 0 saturated heterocycles. The summed E-state index contributed by atoms with van der Waals surface area (Å²) in [6, 6.07) is 21.8. The van der Waals surface area contributed by atoms with Crippen molar-refractivity contribution in [1.82, 2.24) is 10.2 Å². The SMILES string of the molecule is CCCCNC(=O)[C@H](Cc1ccccc1)N(Cc1ccc(F)cc1)C(=O)CCCN(c1cccc(C)c1)S(C)(=O)=O. The smallest absolute Gasteiger partial charge is 0.243 e.